The Balaban J connectivity index is 2.00. The minimum Gasteiger partial charge on any atom is -0.298 e. The monoisotopic (exact) mass is 287 g/mol. The molecule has 0 spiro atoms. The third kappa shape index (κ3) is 2.37. The van der Waals surface area contributed by atoms with Crippen molar-refractivity contribution >= 4 is 33.3 Å². The maximum atomic E-state index is 13.2. The Morgan fingerprint density at radius 3 is 2.95 bits per heavy atom. The molecule has 0 bridgehead atoms. The molecule has 0 aliphatic rings. The van der Waals surface area contributed by atoms with Crippen LogP contribution >= 0.6 is 11.3 Å². The second kappa shape index (κ2) is 4.97. The van der Waals surface area contributed by atoms with Crippen LogP contribution in [0.3, 0.4) is 0 Å². The second-order valence-electron chi connectivity index (χ2n) is 4.25. The number of thiazole rings is 1. The largest absolute Gasteiger partial charge is 0.298 e. The summed E-state index contributed by atoms with van der Waals surface area (Å²) in [5, 5.41) is 5.75. The van der Waals surface area contributed by atoms with E-state index < -0.39 is 0 Å². The van der Waals surface area contributed by atoms with E-state index in [0.29, 0.717) is 21.9 Å². The molecule has 2 aromatic heterocycles. The fraction of sp³-hybridized carbons (Fsp3) is 0.0714. The van der Waals surface area contributed by atoms with Crippen molar-refractivity contribution in [2.75, 3.05) is 5.32 Å². The number of anilines is 1. The highest BCUT2D eigenvalue weighted by molar-refractivity contribution is 7.13. The van der Waals surface area contributed by atoms with Crippen LogP contribution in [0.4, 0.5) is 9.52 Å². The molecule has 20 heavy (non-hydrogen) atoms. The Kier molecular flexibility index (Phi) is 3.15. The van der Waals surface area contributed by atoms with Gasteiger partial charge in [0.25, 0.3) is 5.91 Å². The number of rotatable bonds is 2. The van der Waals surface area contributed by atoms with Crippen LogP contribution in [0.2, 0.25) is 0 Å². The van der Waals surface area contributed by atoms with Crippen molar-refractivity contribution in [2.45, 2.75) is 6.92 Å². The third-order valence-electron chi connectivity index (χ3n) is 2.87. The summed E-state index contributed by atoms with van der Waals surface area (Å²) in [5.74, 6) is -0.611. The smallest absolute Gasteiger partial charge is 0.259 e. The molecule has 1 N–H and O–H groups in total. The van der Waals surface area contributed by atoms with Gasteiger partial charge in [0.05, 0.1) is 16.8 Å². The molecule has 0 aliphatic carbocycles. The summed E-state index contributed by atoms with van der Waals surface area (Å²) < 4.78 is 13.2. The lowest BCUT2D eigenvalue weighted by molar-refractivity contribution is 0.102. The summed E-state index contributed by atoms with van der Waals surface area (Å²) in [5.41, 5.74) is 1.55. The Labute approximate surface area is 118 Å². The van der Waals surface area contributed by atoms with Gasteiger partial charge in [-0.2, -0.15) is 0 Å². The fourth-order valence-corrected chi connectivity index (χ4v) is 2.44. The number of nitrogens with one attached hydrogen (secondary N) is 1. The molecule has 4 nitrogen and oxygen atoms in total. The van der Waals surface area contributed by atoms with Gasteiger partial charge >= 0.3 is 0 Å². The van der Waals surface area contributed by atoms with E-state index in [-0.39, 0.29) is 11.7 Å². The van der Waals surface area contributed by atoms with Crippen molar-refractivity contribution in [1.29, 1.82) is 0 Å². The zero-order valence-corrected chi connectivity index (χ0v) is 11.4. The molecule has 2 heterocycles. The van der Waals surface area contributed by atoms with Gasteiger partial charge in [-0.3, -0.25) is 15.1 Å². The first-order chi connectivity index (χ1) is 9.63. The SMILES string of the molecule is Cc1nc2cc(F)ccc2cc1C(=O)Nc1nccs1. The molecule has 0 saturated carbocycles. The standard InChI is InChI=1S/C14H10FN3OS/c1-8-11(13(19)18-14-16-4-5-20-14)6-9-2-3-10(15)7-12(9)17-8/h2-7H,1H3,(H,16,18,19). The predicted molar refractivity (Wildman–Crippen MR) is 76.5 cm³/mol. The summed E-state index contributed by atoms with van der Waals surface area (Å²) in [6, 6.07) is 6.02. The van der Waals surface area contributed by atoms with Gasteiger partial charge < -0.3 is 0 Å². The van der Waals surface area contributed by atoms with Crippen molar-refractivity contribution in [3.63, 3.8) is 0 Å². The number of amides is 1. The highest BCUT2D eigenvalue weighted by Crippen LogP contribution is 2.19. The van der Waals surface area contributed by atoms with Gasteiger partial charge in [-0.15, -0.1) is 11.3 Å². The average molecular weight is 287 g/mol. The molecular formula is C14H10FN3OS. The fourth-order valence-electron chi connectivity index (χ4n) is 1.92. The Morgan fingerprint density at radius 2 is 2.20 bits per heavy atom. The minimum absolute atomic E-state index is 0.267. The maximum absolute atomic E-state index is 13.2. The number of hydrogen-bond donors (Lipinski definition) is 1. The number of carbonyl (C=O) groups excluding carboxylic acids is 1. The predicted octanol–water partition coefficient (Wildman–Crippen LogP) is 3.39. The Bertz CT molecular complexity index is 786. The van der Waals surface area contributed by atoms with Crippen molar-refractivity contribution in [1.82, 2.24) is 9.97 Å². The Hall–Kier alpha value is -2.34. The van der Waals surface area contributed by atoms with E-state index in [1.165, 1.54) is 23.5 Å². The highest BCUT2D eigenvalue weighted by atomic mass is 32.1. The van der Waals surface area contributed by atoms with Crippen LogP contribution in [0.1, 0.15) is 16.1 Å². The van der Waals surface area contributed by atoms with Gasteiger partial charge in [0.2, 0.25) is 0 Å². The van der Waals surface area contributed by atoms with Gasteiger partial charge in [0.15, 0.2) is 5.13 Å². The van der Waals surface area contributed by atoms with E-state index in [1.807, 2.05) is 0 Å². The molecule has 3 aromatic rings. The van der Waals surface area contributed by atoms with Crippen LogP contribution in [-0.2, 0) is 0 Å². The van der Waals surface area contributed by atoms with E-state index in [0.717, 1.165) is 5.39 Å². The number of pyridine rings is 1. The molecule has 100 valence electrons. The van der Waals surface area contributed by atoms with E-state index in [4.69, 9.17) is 0 Å². The number of halogens is 1. The second-order valence-corrected chi connectivity index (χ2v) is 5.14. The van der Waals surface area contributed by atoms with E-state index in [2.05, 4.69) is 15.3 Å². The molecule has 3 rings (SSSR count). The van der Waals surface area contributed by atoms with Crippen LogP contribution in [0, 0.1) is 12.7 Å². The first-order valence-corrected chi connectivity index (χ1v) is 6.79. The van der Waals surface area contributed by atoms with E-state index >= 15 is 0 Å². The number of aryl methyl sites for hydroxylation is 1. The van der Waals surface area contributed by atoms with Crippen LogP contribution in [0.25, 0.3) is 10.9 Å². The number of nitrogens with zero attached hydrogens (tertiary/aromatic N) is 2. The van der Waals surface area contributed by atoms with Gasteiger partial charge in [-0.25, -0.2) is 9.37 Å². The van der Waals surface area contributed by atoms with Crippen molar-refractivity contribution in [2.24, 2.45) is 0 Å². The first-order valence-electron chi connectivity index (χ1n) is 5.91. The van der Waals surface area contributed by atoms with Crippen molar-refractivity contribution < 1.29 is 9.18 Å². The molecule has 6 heteroatoms. The summed E-state index contributed by atoms with van der Waals surface area (Å²) in [6.45, 7) is 1.72. The van der Waals surface area contributed by atoms with Gasteiger partial charge in [-0.05, 0) is 25.1 Å². The molecule has 0 aliphatic heterocycles. The zero-order chi connectivity index (χ0) is 14.1. The molecule has 1 aromatic carbocycles. The summed E-state index contributed by atoms with van der Waals surface area (Å²) in [6.07, 6.45) is 1.62. The zero-order valence-electron chi connectivity index (χ0n) is 10.6. The molecule has 0 saturated heterocycles. The molecule has 0 radical (unpaired) electrons. The minimum atomic E-state index is -0.343. The lowest BCUT2D eigenvalue weighted by Crippen LogP contribution is -2.14. The van der Waals surface area contributed by atoms with Crippen molar-refractivity contribution in [3.8, 4) is 0 Å². The summed E-state index contributed by atoms with van der Waals surface area (Å²) in [4.78, 5) is 20.5. The van der Waals surface area contributed by atoms with Crippen LogP contribution < -0.4 is 5.32 Å². The lowest BCUT2D eigenvalue weighted by Gasteiger charge is -2.07. The average Bonchev–Trinajstić information content (AvgIpc) is 2.90. The van der Waals surface area contributed by atoms with Gasteiger partial charge in [-0.1, -0.05) is 0 Å². The number of aromatic nitrogens is 2. The maximum Gasteiger partial charge on any atom is 0.259 e. The normalized spacial score (nSPS) is 10.7. The molecule has 1 amide bonds. The molecule has 0 unspecified atom stereocenters. The van der Waals surface area contributed by atoms with Crippen molar-refractivity contribution in [3.05, 3.63) is 52.9 Å². The van der Waals surface area contributed by atoms with Gasteiger partial charge in [0, 0.05) is 23.0 Å². The van der Waals surface area contributed by atoms with E-state index in [1.54, 1.807) is 30.6 Å². The summed E-state index contributed by atoms with van der Waals surface area (Å²) in [7, 11) is 0. The number of fused-ring (bicyclic) bond motifs is 1. The Morgan fingerprint density at radius 1 is 1.35 bits per heavy atom. The molecular weight excluding hydrogens is 277 g/mol. The third-order valence-corrected chi connectivity index (χ3v) is 3.56. The van der Waals surface area contributed by atoms with Gasteiger partial charge in [0.1, 0.15) is 5.82 Å². The summed E-state index contributed by atoms with van der Waals surface area (Å²) >= 11 is 1.34. The quantitative estimate of drug-likeness (QED) is 0.786. The van der Waals surface area contributed by atoms with E-state index in [9.17, 15) is 9.18 Å². The van der Waals surface area contributed by atoms with Crippen LogP contribution in [-0.4, -0.2) is 15.9 Å². The molecule has 0 atom stereocenters. The topological polar surface area (TPSA) is 54.9 Å². The molecule has 0 fully saturated rings. The first kappa shape index (κ1) is 12.7. The van der Waals surface area contributed by atoms with Crippen LogP contribution in [0.15, 0.2) is 35.8 Å². The number of hydrogen-bond acceptors (Lipinski definition) is 4. The van der Waals surface area contributed by atoms with Crippen LogP contribution in [0.5, 0.6) is 0 Å². The number of benzene rings is 1. The lowest BCUT2D eigenvalue weighted by atomic mass is 10.1. The number of carbonyl (C=O) groups is 1. The highest BCUT2D eigenvalue weighted by Gasteiger charge is 2.13.